The highest BCUT2D eigenvalue weighted by Gasteiger charge is 2.44. The average molecular weight is 447 g/mol. The lowest BCUT2D eigenvalue weighted by molar-refractivity contribution is -0.148. The van der Waals surface area contributed by atoms with Crippen LogP contribution in [0.5, 0.6) is 0 Å². The van der Waals surface area contributed by atoms with Crippen molar-refractivity contribution in [3.05, 3.63) is 18.2 Å². The van der Waals surface area contributed by atoms with Crippen molar-refractivity contribution in [2.45, 2.75) is 69.1 Å². The molecule has 11 nitrogen and oxygen atoms in total. The molecule has 3 saturated heterocycles. The maximum absolute atomic E-state index is 13.4. The van der Waals surface area contributed by atoms with Gasteiger partial charge < -0.3 is 30.5 Å². The first-order chi connectivity index (χ1) is 15.5. The molecule has 0 bridgehead atoms. The third-order valence-electron chi connectivity index (χ3n) is 6.61. The number of carboxylic acid groups (broad SMARTS) is 1. The monoisotopic (exact) mass is 446 g/mol. The first kappa shape index (κ1) is 22.3. The maximum Gasteiger partial charge on any atom is 0.326 e. The molecule has 0 aliphatic carbocycles. The van der Waals surface area contributed by atoms with E-state index in [0.29, 0.717) is 38.0 Å². The Morgan fingerprint density at radius 2 is 1.78 bits per heavy atom. The van der Waals surface area contributed by atoms with Gasteiger partial charge in [0.05, 0.1) is 12.4 Å². The number of nitrogens with zero attached hydrogens (tertiary/aromatic N) is 3. The van der Waals surface area contributed by atoms with E-state index in [1.54, 1.807) is 4.90 Å². The summed E-state index contributed by atoms with van der Waals surface area (Å²) in [6, 6.07) is -2.65. The lowest BCUT2D eigenvalue weighted by Gasteiger charge is -2.32. The molecule has 0 saturated carbocycles. The molecule has 4 heterocycles. The summed E-state index contributed by atoms with van der Waals surface area (Å²) in [5.41, 5.74) is 0.595. The summed E-state index contributed by atoms with van der Waals surface area (Å²) in [6.45, 7) is 1.78. The van der Waals surface area contributed by atoms with Crippen LogP contribution in [0.25, 0.3) is 0 Å². The third-order valence-corrected chi connectivity index (χ3v) is 6.61. The molecule has 0 unspecified atom stereocenters. The molecule has 1 aromatic heterocycles. The highest BCUT2D eigenvalue weighted by Crippen LogP contribution is 2.26. The molecule has 174 valence electrons. The molecule has 3 aliphatic heterocycles. The number of carboxylic acids is 1. The van der Waals surface area contributed by atoms with E-state index in [2.05, 4.69) is 20.6 Å². The zero-order valence-corrected chi connectivity index (χ0v) is 18.0. The summed E-state index contributed by atoms with van der Waals surface area (Å²) in [5, 5.41) is 15.3. The number of hydrogen-bond acceptors (Lipinski definition) is 6. The Morgan fingerprint density at radius 1 is 1.06 bits per heavy atom. The molecule has 0 spiro atoms. The van der Waals surface area contributed by atoms with Gasteiger partial charge in [0, 0.05) is 31.4 Å². The van der Waals surface area contributed by atoms with Crippen LogP contribution >= 0.6 is 0 Å². The number of aromatic nitrogens is 2. The van der Waals surface area contributed by atoms with Gasteiger partial charge in [-0.25, -0.2) is 9.78 Å². The number of imidazole rings is 1. The van der Waals surface area contributed by atoms with Gasteiger partial charge in [-0.15, -0.1) is 0 Å². The van der Waals surface area contributed by atoms with Gasteiger partial charge in [0.2, 0.25) is 17.7 Å². The van der Waals surface area contributed by atoms with E-state index in [0.717, 1.165) is 25.8 Å². The summed E-state index contributed by atoms with van der Waals surface area (Å²) in [7, 11) is 0. The number of rotatable bonds is 7. The maximum atomic E-state index is 13.4. The zero-order valence-electron chi connectivity index (χ0n) is 18.0. The second-order valence-corrected chi connectivity index (χ2v) is 8.71. The number of hydrogen-bond donors (Lipinski definition) is 4. The minimum atomic E-state index is -1.15. The van der Waals surface area contributed by atoms with Crippen molar-refractivity contribution >= 4 is 23.7 Å². The fraction of sp³-hybridized carbons (Fsp3) is 0.667. The quantitative estimate of drug-likeness (QED) is 0.431. The van der Waals surface area contributed by atoms with Gasteiger partial charge in [-0.1, -0.05) is 0 Å². The van der Waals surface area contributed by atoms with Crippen molar-refractivity contribution in [3.8, 4) is 0 Å². The Labute approximate surface area is 185 Å². The first-order valence-electron chi connectivity index (χ1n) is 11.3. The molecule has 3 aliphatic rings. The Morgan fingerprint density at radius 3 is 2.41 bits per heavy atom. The van der Waals surface area contributed by atoms with Crippen LogP contribution in [0.3, 0.4) is 0 Å². The molecule has 0 aromatic carbocycles. The summed E-state index contributed by atoms with van der Waals surface area (Å²) < 4.78 is 0. The predicted octanol–water partition coefficient (Wildman–Crippen LogP) is -0.744. The number of nitrogens with one attached hydrogen (secondary N) is 3. The second-order valence-electron chi connectivity index (χ2n) is 8.71. The van der Waals surface area contributed by atoms with E-state index >= 15 is 0 Å². The normalized spacial score (nSPS) is 26.3. The molecular weight excluding hydrogens is 416 g/mol. The van der Waals surface area contributed by atoms with Gasteiger partial charge in [-0.3, -0.25) is 14.4 Å². The smallest absolute Gasteiger partial charge is 0.326 e. The van der Waals surface area contributed by atoms with Crippen LogP contribution in [-0.2, 0) is 25.6 Å². The summed E-state index contributed by atoms with van der Waals surface area (Å²) in [6.07, 6.45) is 7.22. The van der Waals surface area contributed by atoms with Crippen molar-refractivity contribution in [2.24, 2.45) is 0 Å². The van der Waals surface area contributed by atoms with Crippen LogP contribution in [0.1, 0.15) is 44.2 Å². The van der Waals surface area contributed by atoms with E-state index in [1.165, 1.54) is 17.4 Å². The second kappa shape index (κ2) is 9.68. The van der Waals surface area contributed by atoms with E-state index in [1.807, 2.05) is 0 Å². The van der Waals surface area contributed by atoms with E-state index in [-0.39, 0.29) is 24.3 Å². The number of aromatic amines is 1. The van der Waals surface area contributed by atoms with Crippen molar-refractivity contribution in [2.75, 3.05) is 19.6 Å². The summed E-state index contributed by atoms with van der Waals surface area (Å²) >= 11 is 0. The Kier molecular flexibility index (Phi) is 6.73. The SMILES string of the molecule is O=C(O)[C@H](Cc1cnc[nH]1)NC(=O)[C@@H]1CCCN1C(=O)[C@@H]1CCCN1C(=O)[C@@H]1CCCN1. The molecule has 11 heteroatoms. The Balaban J connectivity index is 1.41. The van der Waals surface area contributed by atoms with E-state index < -0.39 is 30.0 Å². The van der Waals surface area contributed by atoms with E-state index in [4.69, 9.17) is 0 Å². The van der Waals surface area contributed by atoms with Gasteiger partial charge >= 0.3 is 5.97 Å². The molecule has 4 rings (SSSR count). The van der Waals surface area contributed by atoms with Crippen LogP contribution < -0.4 is 10.6 Å². The van der Waals surface area contributed by atoms with Gasteiger partial charge in [-0.2, -0.15) is 0 Å². The van der Waals surface area contributed by atoms with Crippen molar-refractivity contribution < 1.29 is 24.3 Å². The topological polar surface area (TPSA) is 148 Å². The van der Waals surface area contributed by atoms with E-state index in [9.17, 15) is 24.3 Å². The van der Waals surface area contributed by atoms with Gasteiger partial charge in [-0.05, 0) is 45.1 Å². The summed E-state index contributed by atoms with van der Waals surface area (Å²) in [5.74, 6) is -1.88. The zero-order chi connectivity index (χ0) is 22.7. The first-order valence-corrected chi connectivity index (χ1v) is 11.3. The molecule has 0 radical (unpaired) electrons. The van der Waals surface area contributed by atoms with Crippen LogP contribution in [0.15, 0.2) is 12.5 Å². The number of aliphatic carboxylic acids is 1. The molecular formula is C21H30N6O5. The molecule has 32 heavy (non-hydrogen) atoms. The predicted molar refractivity (Wildman–Crippen MR) is 112 cm³/mol. The number of likely N-dealkylation sites (tertiary alicyclic amines) is 2. The average Bonchev–Trinajstić information content (AvgIpc) is 3.57. The molecule has 4 atom stereocenters. The number of H-pyrrole nitrogens is 1. The molecule has 4 N–H and O–H groups in total. The highest BCUT2D eigenvalue weighted by atomic mass is 16.4. The minimum absolute atomic E-state index is 0.0379. The Bertz CT molecular complexity index is 853. The van der Waals surface area contributed by atoms with Crippen LogP contribution in [0, 0.1) is 0 Å². The van der Waals surface area contributed by atoms with Gasteiger partial charge in [0.25, 0.3) is 0 Å². The van der Waals surface area contributed by atoms with Crippen LogP contribution in [-0.4, -0.2) is 92.4 Å². The lowest BCUT2D eigenvalue weighted by Crippen LogP contribution is -2.56. The molecule has 1 aromatic rings. The fourth-order valence-electron chi connectivity index (χ4n) is 4.96. The lowest BCUT2D eigenvalue weighted by atomic mass is 10.1. The van der Waals surface area contributed by atoms with Crippen LogP contribution in [0.2, 0.25) is 0 Å². The summed E-state index contributed by atoms with van der Waals surface area (Å²) in [4.78, 5) is 60.8. The van der Waals surface area contributed by atoms with Gasteiger partial charge in [0.1, 0.15) is 18.1 Å². The third kappa shape index (κ3) is 4.62. The number of amides is 3. The fourth-order valence-corrected chi connectivity index (χ4v) is 4.96. The van der Waals surface area contributed by atoms with Crippen LogP contribution in [0.4, 0.5) is 0 Å². The van der Waals surface area contributed by atoms with Gasteiger partial charge in [0.15, 0.2) is 0 Å². The number of carbonyl (C=O) groups excluding carboxylic acids is 3. The molecule has 3 fully saturated rings. The Hall–Kier alpha value is -2.95. The van der Waals surface area contributed by atoms with Crippen molar-refractivity contribution in [1.82, 2.24) is 30.4 Å². The standard InChI is InChI=1S/C21H30N6O5/c28-18(25-15(21(31)32)10-13-11-22-12-24-13)16-5-2-8-26(16)20(30)17-6-3-9-27(17)19(29)14-4-1-7-23-14/h11-12,14-17,23H,1-10H2,(H,22,24)(H,25,28)(H,31,32)/t14-,15-,16-,17-/m0/s1. The van der Waals surface area contributed by atoms with Crippen molar-refractivity contribution in [1.29, 1.82) is 0 Å². The minimum Gasteiger partial charge on any atom is -0.480 e. The van der Waals surface area contributed by atoms with Crippen molar-refractivity contribution in [3.63, 3.8) is 0 Å². The molecule has 3 amide bonds. The largest absolute Gasteiger partial charge is 0.480 e. The number of carbonyl (C=O) groups is 4. The highest BCUT2D eigenvalue weighted by molar-refractivity contribution is 5.95.